The second-order valence-electron chi connectivity index (χ2n) is 5.13. The number of para-hydroxylation sites is 1. The van der Waals surface area contributed by atoms with Crippen molar-refractivity contribution in [1.82, 2.24) is 10.3 Å². The van der Waals surface area contributed by atoms with E-state index in [0.717, 1.165) is 28.8 Å². The van der Waals surface area contributed by atoms with Gasteiger partial charge in [-0.1, -0.05) is 52.3 Å². The fraction of sp³-hybridized carbons (Fsp3) is 0.167. The molecule has 1 heterocycles. The van der Waals surface area contributed by atoms with E-state index in [2.05, 4.69) is 68.7 Å². The fourth-order valence-corrected chi connectivity index (χ4v) is 2.94. The predicted molar refractivity (Wildman–Crippen MR) is 91.2 cm³/mol. The molecular formula is C18H17BrN2. The van der Waals surface area contributed by atoms with Gasteiger partial charge in [-0.05, 0) is 36.2 Å². The molecule has 0 atom stereocenters. The maximum atomic E-state index is 4.58. The summed E-state index contributed by atoms with van der Waals surface area (Å²) in [6, 6.07) is 18.8. The van der Waals surface area contributed by atoms with Gasteiger partial charge < -0.3 is 5.32 Å². The van der Waals surface area contributed by atoms with Gasteiger partial charge in [-0.2, -0.15) is 0 Å². The van der Waals surface area contributed by atoms with Crippen molar-refractivity contribution >= 4 is 26.8 Å². The minimum atomic E-state index is 0.838. The molecule has 0 bridgehead atoms. The highest BCUT2D eigenvalue weighted by Gasteiger charge is 2.04. The molecule has 106 valence electrons. The Kier molecular flexibility index (Phi) is 4.32. The van der Waals surface area contributed by atoms with Crippen LogP contribution in [0.25, 0.3) is 10.9 Å². The lowest BCUT2D eigenvalue weighted by molar-refractivity contribution is 0.694. The van der Waals surface area contributed by atoms with Crippen LogP contribution in [0.5, 0.6) is 0 Å². The number of aryl methyl sites for hydroxylation is 1. The highest BCUT2D eigenvalue weighted by Crippen LogP contribution is 2.19. The van der Waals surface area contributed by atoms with Gasteiger partial charge in [0, 0.05) is 28.6 Å². The van der Waals surface area contributed by atoms with Crippen LogP contribution < -0.4 is 5.32 Å². The molecule has 0 radical (unpaired) electrons. The van der Waals surface area contributed by atoms with Crippen LogP contribution in [-0.4, -0.2) is 4.98 Å². The minimum absolute atomic E-state index is 0.838. The smallest absolute Gasteiger partial charge is 0.0708 e. The number of hydrogen-bond donors (Lipinski definition) is 1. The molecular weight excluding hydrogens is 324 g/mol. The lowest BCUT2D eigenvalue weighted by Gasteiger charge is -2.10. The van der Waals surface area contributed by atoms with E-state index in [9.17, 15) is 0 Å². The summed E-state index contributed by atoms with van der Waals surface area (Å²) in [6.45, 7) is 3.73. The molecule has 0 spiro atoms. The monoisotopic (exact) mass is 340 g/mol. The molecule has 0 saturated carbocycles. The average molecular weight is 341 g/mol. The van der Waals surface area contributed by atoms with Gasteiger partial charge in [-0.25, -0.2) is 0 Å². The van der Waals surface area contributed by atoms with E-state index >= 15 is 0 Å². The van der Waals surface area contributed by atoms with Gasteiger partial charge in [-0.15, -0.1) is 0 Å². The zero-order valence-electron chi connectivity index (χ0n) is 11.9. The van der Waals surface area contributed by atoms with Crippen LogP contribution in [0.3, 0.4) is 0 Å². The number of nitrogens with one attached hydrogen (secondary N) is 1. The van der Waals surface area contributed by atoms with Crippen LogP contribution in [-0.2, 0) is 13.1 Å². The Labute approximate surface area is 133 Å². The summed E-state index contributed by atoms with van der Waals surface area (Å²) >= 11 is 3.58. The first kappa shape index (κ1) is 14.2. The third-order valence-electron chi connectivity index (χ3n) is 3.52. The lowest BCUT2D eigenvalue weighted by atomic mass is 10.1. The number of hydrogen-bond acceptors (Lipinski definition) is 2. The van der Waals surface area contributed by atoms with Crippen molar-refractivity contribution in [2.24, 2.45) is 0 Å². The summed E-state index contributed by atoms with van der Waals surface area (Å²) in [5.74, 6) is 0. The molecule has 1 aromatic heterocycles. The van der Waals surface area contributed by atoms with Crippen molar-refractivity contribution in [2.75, 3.05) is 0 Å². The van der Waals surface area contributed by atoms with Crippen LogP contribution in [0.2, 0.25) is 0 Å². The molecule has 0 saturated heterocycles. The molecule has 3 aromatic rings. The van der Waals surface area contributed by atoms with Gasteiger partial charge >= 0.3 is 0 Å². The summed E-state index contributed by atoms with van der Waals surface area (Å²) < 4.78 is 1.15. The van der Waals surface area contributed by atoms with E-state index in [0.29, 0.717) is 0 Å². The Morgan fingerprint density at radius 2 is 1.67 bits per heavy atom. The first-order valence-corrected chi connectivity index (χ1v) is 7.83. The molecule has 21 heavy (non-hydrogen) atoms. The van der Waals surface area contributed by atoms with Gasteiger partial charge in [0.1, 0.15) is 0 Å². The standard InChI is InChI=1S/C18H17BrN2/c1-13-10-15(16-7-3-5-9-18(16)21-13)12-20-11-14-6-2-4-8-17(14)19/h2-10,20H,11-12H2,1H3. The normalized spacial score (nSPS) is 11.0. The Morgan fingerprint density at radius 3 is 2.52 bits per heavy atom. The molecule has 0 aliphatic carbocycles. The van der Waals surface area contributed by atoms with E-state index in [1.165, 1.54) is 16.5 Å². The summed E-state index contributed by atoms with van der Waals surface area (Å²) in [4.78, 5) is 4.58. The number of pyridine rings is 1. The SMILES string of the molecule is Cc1cc(CNCc2ccccc2Br)c2ccccc2n1. The largest absolute Gasteiger partial charge is 0.309 e. The molecule has 0 unspecified atom stereocenters. The first-order valence-electron chi connectivity index (χ1n) is 7.03. The third-order valence-corrected chi connectivity index (χ3v) is 4.29. The quantitative estimate of drug-likeness (QED) is 0.750. The minimum Gasteiger partial charge on any atom is -0.309 e. The van der Waals surface area contributed by atoms with Gasteiger partial charge in [0.15, 0.2) is 0 Å². The van der Waals surface area contributed by atoms with Gasteiger partial charge in [0.2, 0.25) is 0 Å². The number of aromatic nitrogens is 1. The number of benzene rings is 2. The summed E-state index contributed by atoms with van der Waals surface area (Å²) in [6.07, 6.45) is 0. The molecule has 0 amide bonds. The Bertz CT molecular complexity index is 768. The Morgan fingerprint density at radius 1 is 0.952 bits per heavy atom. The van der Waals surface area contributed by atoms with Crippen LogP contribution in [0.1, 0.15) is 16.8 Å². The van der Waals surface area contributed by atoms with Crippen molar-refractivity contribution in [3.8, 4) is 0 Å². The van der Waals surface area contributed by atoms with Crippen molar-refractivity contribution < 1.29 is 0 Å². The van der Waals surface area contributed by atoms with E-state index in [4.69, 9.17) is 0 Å². The summed E-state index contributed by atoms with van der Waals surface area (Å²) in [7, 11) is 0. The van der Waals surface area contributed by atoms with E-state index in [-0.39, 0.29) is 0 Å². The Balaban J connectivity index is 1.78. The van der Waals surface area contributed by atoms with Gasteiger partial charge in [0.25, 0.3) is 0 Å². The number of halogens is 1. The van der Waals surface area contributed by atoms with Gasteiger partial charge in [0.05, 0.1) is 5.52 Å². The number of nitrogens with zero attached hydrogens (tertiary/aromatic N) is 1. The molecule has 3 heteroatoms. The number of rotatable bonds is 4. The molecule has 0 fully saturated rings. The molecule has 1 N–H and O–H groups in total. The van der Waals surface area contributed by atoms with Crippen molar-refractivity contribution in [1.29, 1.82) is 0 Å². The van der Waals surface area contributed by atoms with Crippen molar-refractivity contribution in [2.45, 2.75) is 20.0 Å². The van der Waals surface area contributed by atoms with Crippen LogP contribution in [0.15, 0.2) is 59.1 Å². The number of fused-ring (bicyclic) bond motifs is 1. The molecule has 0 aliphatic heterocycles. The first-order chi connectivity index (χ1) is 10.2. The second-order valence-corrected chi connectivity index (χ2v) is 5.99. The highest BCUT2D eigenvalue weighted by atomic mass is 79.9. The fourth-order valence-electron chi connectivity index (χ4n) is 2.51. The maximum absolute atomic E-state index is 4.58. The average Bonchev–Trinajstić information content (AvgIpc) is 2.49. The lowest BCUT2D eigenvalue weighted by Crippen LogP contribution is -2.13. The predicted octanol–water partition coefficient (Wildman–Crippen LogP) is 4.60. The van der Waals surface area contributed by atoms with E-state index in [1.807, 2.05) is 19.1 Å². The molecule has 2 aromatic carbocycles. The summed E-state index contributed by atoms with van der Waals surface area (Å²) in [5.41, 5.74) is 4.69. The molecule has 0 aliphatic rings. The maximum Gasteiger partial charge on any atom is 0.0708 e. The Hall–Kier alpha value is -1.71. The molecule has 3 rings (SSSR count). The van der Waals surface area contributed by atoms with Gasteiger partial charge in [-0.3, -0.25) is 4.98 Å². The van der Waals surface area contributed by atoms with E-state index in [1.54, 1.807) is 0 Å². The third kappa shape index (κ3) is 3.31. The molecule has 2 nitrogen and oxygen atoms in total. The topological polar surface area (TPSA) is 24.9 Å². The van der Waals surface area contributed by atoms with Crippen LogP contribution in [0.4, 0.5) is 0 Å². The van der Waals surface area contributed by atoms with Crippen LogP contribution >= 0.6 is 15.9 Å². The second kappa shape index (κ2) is 6.37. The zero-order valence-corrected chi connectivity index (χ0v) is 13.5. The van der Waals surface area contributed by atoms with Crippen molar-refractivity contribution in [3.05, 3.63) is 75.9 Å². The van der Waals surface area contributed by atoms with Crippen LogP contribution in [0, 0.1) is 6.92 Å². The van der Waals surface area contributed by atoms with E-state index < -0.39 is 0 Å². The summed E-state index contributed by atoms with van der Waals surface area (Å²) in [5, 5.41) is 4.75. The highest BCUT2D eigenvalue weighted by molar-refractivity contribution is 9.10. The van der Waals surface area contributed by atoms with Crippen molar-refractivity contribution in [3.63, 3.8) is 0 Å². The zero-order chi connectivity index (χ0) is 14.7.